The molecule has 1 atom stereocenters. The number of nitrogens with zero attached hydrogens (tertiary/aromatic N) is 5. The minimum absolute atomic E-state index is 0.318. The number of morpholine rings is 1. The quantitative estimate of drug-likeness (QED) is 0.595. The van der Waals surface area contributed by atoms with Crippen molar-refractivity contribution < 1.29 is 9.53 Å². The first kappa shape index (κ1) is 21.4. The fourth-order valence-corrected chi connectivity index (χ4v) is 4.05. The van der Waals surface area contributed by atoms with Gasteiger partial charge in [0.1, 0.15) is 6.10 Å². The highest BCUT2D eigenvalue weighted by Gasteiger charge is 2.26. The van der Waals surface area contributed by atoms with Crippen molar-refractivity contribution in [2.75, 3.05) is 19.7 Å². The molecule has 0 saturated carbocycles. The molecule has 1 aromatic carbocycles. The molecule has 4 rings (SSSR count). The van der Waals surface area contributed by atoms with Crippen molar-refractivity contribution in [3.63, 3.8) is 0 Å². The number of hydrogen-bond acceptors (Lipinski definition) is 6. The Balaban J connectivity index is 1.79. The van der Waals surface area contributed by atoms with Gasteiger partial charge in [-0.1, -0.05) is 32.0 Å². The van der Waals surface area contributed by atoms with Crippen molar-refractivity contribution in [2.45, 2.75) is 32.5 Å². The lowest BCUT2D eigenvalue weighted by molar-refractivity contribution is -0.136. The minimum atomic E-state index is -0.621. The molecule has 2 N–H and O–H groups in total. The summed E-state index contributed by atoms with van der Waals surface area (Å²) >= 11 is 5.88. The summed E-state index contributed by atoms with van der Waals surface area (Å²) in [5.41, 5.74) is 8.50. The van der Waals surface area contributed by atoms with E-state index < -0.39 is 12.0 Å². The smallest absolute Gasteiger partial charge is 0.247 e. The van der Waals surface area contributed by atoms with Gasteiger partial charge in [-0.15, -0.1) is 5.10 Å². The van der Waals surface area contributed by atoms with Gasteiger partial charge in [0.25, 0.3) is 0 Å². The maximum absolute atomic E-state index is 11.6. The Hall–Kier alpha value is -2.88. The number of amides is 1. The molecule has 1 aliphatic heterocycles. The summed E-state index contributed by atoms with van der Waals surface area (Å²) in [6, 6.07) is 12.1. The van der Waals surface area contributed by atoms with Gasteiger partial charge in [0.05, 0.1) is 19.0 Å². The third-order valence-corrected chi connectivity index (χ3v) is 5.75. The van der Waals surface area contributed by atoms with Crippen molar-refractivity contribution in [1.82, 2.24) is 24.2 Å². The molecule has 0 radical (unpaired) electrons. The Kier molecular flexibility index (Phi) is 6.26. The van der Waals surface area contributed by atoms with Crippen molar-refractivity contribution in [2.24, 2.45) is 5.73 Å². The lowest BCUT2D eigenvalue weighted by Gasteiger charge is -2.30. The highest BCUT2D eigenvalue weighted by atomic mass is 32.1. The Bertz CT molecular complexity index is 1120. The Labute approximate surface area is 186 Å². The first-order valence-electron chi connectivity index (χ1n) is 10.3. The molecular formula is C22H26N6O2S. The fraction of sp³-hybridized carbons (Fsp3) is 0.364. The van der Waals surface area contributed by atoms with E-state index in [1.54, 1.807) is 17.1 Å². The summed E-state index contributed by atoms with van der Waals surface area (Å²) in [4.78, 5) is 17.9. The molecule has 31 heavy (non-hydrogen) atoms. The molecule has 1 saturated heterocycles. The highest BCUT2D eigenvalue weighted by Crippen LogP contribution is 2.28. The van der Waals surface area contributed by atoms with E-state index in [2.05, 4.69) is 35.9 Å². The van der Waals surface area contributed by atoms with Crippen molar-refractivity contribution in [3.05, 3.63) is 59.1 Å². The zero-order valence-electron chi connectivity index (χ0n) is 17.6. The van der Waals surface area contributed by atoms with Crippen LogP contribution in [0.5, 0.6) is 0 Å². The summed E-state index contributed by atoms with van der Waals surface area (Å²) in [5, 5.41) is 4.86. The van der Waals surface area contributed by atoms with E-state index in [-0.39, 0.29) is 0 Å². The third kappa shape index (κ3) is 4.43. The van der Waals surface area contributed by atoms with Crippen LogP contribution in [0.3, 0.4) is 0 Å². The van der Waals surface area contributed by atoms with Gasteiger partial charge >= 0.3 is 0 Å². The first-order chi connectivity index (χ1) is 15.0. The van der Waals surface area contributed by atoms with Gasteiger partial charge in [-0.05, 0) is 41.9 Å². The number of carbonyl (C=O) groups excluding carboxylic acids is 1. The standard InChI is InChI=1S/C22H26N6O2S/c1-15(2)17-7-3-4-8-18(17)28-21(16-6-5-9-24-12-16)25-27(22(28)31)14-26-10-11-30-19(13-26)20(23)29/h3-9,12,15,19H,10-11,13-14H2,1-2H3,(H2,23,29). The summed E-state index contributed by atoms with van der Waals surface area (Å²) in [6.45, 7) is 6.28. The normalized spacial score (nSPS) is 17.2. The molecule has 162 valence electrons. The lowest BCUT2D eigenvalue weighted by Crippen LogP contribution is -2.48. The number of carbonyl (C=O) groups is 1. The van der Waals surface area contributed by atoms with Gasteiger partial charge in [-0.2, -0.15) is 0 Å². The van der Waals surface area contributed by atoms with E-state index in [1.807, 2.05) is 28.8 Å². The number of ether oxygens (including phenoxy) is 1. The monoisotopic (exact) mass is 438 g/mol. The summed E-state index contributed by atoms with van der Waals surface area (Å²) < 4.78 is 9.84. The average molecular weight is 439 g/mol. The molecule has 0 bridgehead atoms. The second kappa shape index (κ2) is 9.09. The molecule has 0 spiro atoms. The number of pyridine rings is 1. The molecule has 3 heterocycles. The maximum atomic E-state index is 11.6. The topological polar surface area (TPSA) is 91.2 Å². The molecule has 9 heteroatoms. The van der Waals surface area contributed by atoms with E-state index in [1.165, 1.54) is 5.56 Å². The largest absolute Gasteiger partial charge is 0.367 e. The maximum Gasteiger partial charge on any atom is 0.247 e. The number of nitrogens with two attached hydrogens (primary N) is 1. The molecule has 2 aromatic heterocycles. The van der Waals surface area contributed by atoms with Gasteiger partial charge in [-0.25, -0.2) is 4.68 Å². The van der Waals surface area contributed by atoms with Crippen LogP contribution in [0.25, 0.3) is 17.1 Å². The number of rotatable bonds is 6. The van der Waals surface area contributed by atoms with Crippen molar-refractivity contribution in [1.29, 1.82) is 0 Å². The van der Waals surface area contributed by atoms with Crippen LogP contribution in [0.1, 0.15) is 25.3 Å². The second-order valence-corrected chi connectivity index (χ2v) is 8.24. The van der Waals surface area contributed by atoms with Gasteiger partial charge in [0.15, 0.2) is 5.82 Å². The van der Waals surface area contributed by atoms with E-state index in [9.17, 15) is 4.79 Å². The number of benzene rings is 1. The second-order valence-electron chi connectivity index (χ2n) is 7.88. The highest BCUT2D eigenvalue weighted by molar-refractivity contribution is 7.71. The molecule has 3 aromatic rings. The zero-order chi connectivity index (χ0) is 22.0. The van der Waals surface area contributed by atoms with Crippen LogP contribution in [-0.2, 0) is 16.2 Å². The van der Waals surface area contributed by atoms with Crippen LogP contribution in [0, 0.1) is 4.77 Å². The summed E-state index contributed by atoms with van der Waals surface area (Å²) in [7, 11) is 0. The Morgan fingerprint density at radius 3 is 2.81 bits per heavy atom. The van der Waals surface area contributed by atoms with Crippen LogP contribution < -0.4 is 5.73 Å². The van der Waals surface area contributed by atoms with E-state index in [4.69, 9.17) is 27.8 Å². The van der Waals surface area contributed by atoms with Crippen molar-refractivity contribution >= 4 is 18.1 Å². The number of primary amides is 1. The van der Waals surface area contributed by atoms with Gasteiger partial charge < -0.3 is 10.5 Å². The van der Waals surface area contributed by atoms with Crippen LogP contribution in [0.15, 0.2) is 48.8 Å². The first-order valence-corrected chi connectivity index (χ1v) is 10.7. The predicted molar refractivity (Wildman–Crippen MR) is 120 cm³/mol. The Morgan fingerprint density at radius 2 is 2.10 bits per heavy atom. The van der Waals surface area contributed by atoms with Crippen LogP contribution >= 0.6 is 12.2 Å². The predicted octanol–water partition coefficient (Wildman–Crippen LogP) is 2.73. The molecule has 1 fully saturated rings. The van der Waals surface area contributed by atoms with Crippen LogP contribution in [-0.4, -0.2) is 55.9 Å². The van der Waals surface area contributed by atoms with Crippen LogP contribution in [0.2, 0.25) is 0 Å². The van der Waals surface area contributed by atoms with Crippen molar-refractivity contribution in [3.8, 4) is 17.1 Å². The zero-order valence-corrected chi connectivity index (χ0v) is 18.5. The van der Waals surface area contributed by atoms with Gasteiger partial charge in [-0.3, -0.25) is 19.2 Å². The average Bonchev–Trinajstić information content (AvgIpc) is 3.10. The number of aromatic nitrogens is 4. The molecule has 0 aliphatic carbocycles. The molecule has 1 aliphatic rings. The number of para-hydroxylation sites is 1. The fourth-order valence-electron chi connectivity index (χ4n) is 3.77. The molecule has 1 amide bonds. The van der Waals surface area contributed by atoms with E-state index in [0.717, 1.165) is 17.1 Å². The van der Waals surface area contributed by atoms with E-state index >= 15 is 0 Å². The summed E-state index contributed by atoms with van der Waals surface area (Å²) in [5.74, 6) is 0.588. The summed E-state index contributed by atoms with van der Waals surface area (Å²) in [6.07, 6.45) is 2.90. The molecule has 8 nitrogen and oxygen atoms in total. The molecular weight excluding hydrogens is 412 g/mol. The van der Waals surface area contributed by atoms with Gasteiger partial charge in [0.2, 0.25) is 10.7 Å². The number of hydrogen-bond donors (Lipinski definition) is 1. The third-order valence-electron chi connectivity index (χ3n) is 5.36. The SMILES string of the molecule is CC(C)c1ccccc1-n1c(-c2cccnc2)nn(CN2CCOC(C(N)=O)C2)c1=S. The Morgan fingerprint density at radius 1 is 1.29 bits per heavy atom. The van der Waals surface area contributed by atoms with Crippen LogP contribution in [0.4, 0.5) is 0 Å². The van der Waals surface area contributed by atoms with Gasteiger partial charge in [0, 0.05) is 31.0 Å². The van der Waals surface area contributed by atoms with E-state index in [0.29, 0.717) is 37.1 Å². The lowest BCUT2D eigenvalue weighted by atomic mass is 10.0. The minimum Gasteiger partial charge on any atom is -0.367 e. The molecule has 1 unspecified atom stereocenters.